The first kappa shape index (κ1) is 12.8. The molecule has 1 saturated carbocycles. The molecule has 0 aromatic carbocycles. The Morgan fingerprint density at radius 1 is 1.47 bits per heavy atom. The molecule has 1 heterocycles. The summed E-state index contributed by atoms with van der Waals surface area (Å²) in [7, 11) is 0. The molecule has 0 unspecified atom stereocenters. The highest BCUT2D eigenvalue weighted by Gasteiger charge is 2.30. The zero-order chi connectivity index (χ0) is 12.3. The Kier molecular flexibility index (Phi) is 4.34. The van der Waals surface area contributed by atoms with Gasteiger partial charge in [0, 0.05) is 25.1 Å². The van der Waals surface area contributed by atoms with Gasteiger partial charge in [-0.2, -0.15) is 0 Å². The molecule has 94 valence electrons. The number of halogens is 1. The van der Waals surface area contributed by atoms with Crippen LogP contribution in [0.4, 0.5) is 5.82 Å². The quantitative estimate of drug-likeness (QED) is 0.818. The van der Waals surface area contributed by atoms with Gasteiger partial charge in [-0.1, -0.05) is 6.92 Å². The predicted molar refractivity (Wildman–Crippen MR) is 71.2 cm³/mol. The van der Waals surface area contributed by atoms with Crippen molar-refractivity contribution in [3.05, 3.63) is 16.5 Å². The topological polar surface area (TPSA) is 49.2 Å². The van der Waals surface area contributed by atoms with Gasteiger partial charge in [0.1, 0.15) is 16.2 Å². The van der Waals surface area contributed by atoms with Crippen LogP contribution in [0, 0.1) is 0 Å². The molecule has 1 aromatic heterocycles. The average Bonchev–Trinajstić information content (AvgIpc) is 3.09. The number of aryl methyl sites for hydroxylation is 1. The van der Waals surface area contributed by atoms with Crippen LogP contribution in [0.15, 0.2) is 10.7 Å². The summed E-state index contributed by atoms with van der Waals surface area (Å²) >= 11 is 3.43. The lowest BCUT2D eigenvalue weighted by atomic mass is 10.3. The van der Waals surface area contributed by atoms with Crippen molar-refractivity contribution in [2.24, 2.45) is 0 Å². The average molecular weight is 300 g/mol. The van der Waals surface area contributed by atoms with Crippen LogP contribution in [0.3, 0.4) is 0 Å². The molecule has 17 heavy (non-hydrogen) atoms. The summed E-state index contributed by atoms with van der Waals surface area (Å²) in [5.74, 6) is 1.81. The van der Waals surface area contributed by atoms with E-state index in [0.717, 1.165) is 29.1 Å². The molecule has 1 fully saturated rings. The van der Waals surface area contributed by atoms with Gasteiger partial charge >= 0.3 is 0 Å². The molecule has 1 aromatic rings. The number of nitrogens with zero attached hydrogens (tertiary/aromatic N) is 3. The minimum absolute atomic E-state index is 0.168. The molecule has 2 rings (SSSR count). The summed E-state index contributed by atoms with van der Waals surface area (Å²) in [6.07, 6.45) is 4.33. The molecule has 0 amide bonds. The van der Waals surface area contributed by atoms with E-state index in [4.69, 9.17) is 5.11 Å². The number of aromatic nitrogens is 2. The van der Waals surface area contributed by atoms with Crippen molar-refractivity contribution >= 4 is 21.7 Å². The first-order chi connectivity index (χ1) is 8.24. The molecule has 0 saturated heterocycles. The number of rotatable bonds is 6. The van der Waals surface area contributed by atoms with E-state index in [2.05, 4.69) is 37.7 Å². The highest BCUT2D eigenvalue weighted by atomic mass is 79.9. The Balaban J connectivity index is 2.22. The predicted octanol–water partition coefficient (Wildman–Crippen LogP) is 2.15. The first-order valence-electron chi connectivity index (χ1n) is 6.15. The molecule has 1 aliphatic rings. The monoisotopic (exact) mass is 299 g/mol. The Bertz CT molecular complexity index is 382. The molecular formula is C12H18BrN3O. The Hall–Kier alpha value is -0.680. The van der Waals surface area contributed by atoms with Gasteiger partial charge in [-0.25, -0.2) is 9.97 Å². The summed E-state index contributed by atoms with van der Waals surface area (Å²) in [6.45, 7) is 2.94. The molecule has 5 heteroatoms. The second-order valence-corrected chi connectivity index (χ2v) is 5.18. The van der Waals surface area contributed by atoms with Crippen molar-refractivity contribution in [3.63, 3.8) is 0 Å². The lowest BCUT2D eigenvalue weighted by Gasteiger charge is -2.22. The standard InChI is InChI=1S/C12H18BrN3O/c1-2-3-11-14-10(13)8-12(15-11)16(6-7-17)9-4-5-9/h8-9,17H,2-7H2,1H3. The maximum absolute atomic E-state index is 9.12. The fraction of sp³-hybridized carbons (Fsp3) is 0.667. The zero-order valence-electron chi connectivity index (χ0n) is 10.1. The molecule has 0 aliphatic heterocycles. The van der Waals surface area contributed by atoms with Crippen LogP contribution in [0.5, 0.6) is 0 Å². The van der Waals surface area contributed by atoms with Crippen LogP contribution in [0.1, 0.15) is 32.0 Å². The second-order valence-electron chi connectivity index (χ2n) is 4.36. The summed E-state index contributed by atoms with van der Waals surface area (Å²) < 4.78 is 0.828. The van der Waals surface area contributed by atoms with Crippen LogP contribution in [-0.4, -0.2) is 34.3 Å². The van der Waals surface area contributed by atoms with Crippen molar-refractivity contribution in [1.82, 2.24) is 9.97 Å². The fourth-order valence-corrected chi connectivity index (χ4v) is 2.32. The maximum atomic E-state index is 9.12. The Labute approximate surface area is 110 Å². The molecular weight excluding hydrogens is 282 g/mol. The lowest BCUT2D eigenvalue weighted by molar-refractivity contribution is 0.301. The molecule has 0 atom stereocenters. The van der Waals surface area contributed by atoms with E-state index in [1.165, 1.54) is 12.8 Å². The van der Waals surface area contributed by atoms with Gasteiger partial charge in [-0.15, -0.1) is 0 Å². The zero-order valence-corrected chi connectivity index (χ0v) is 11.7. The van der Waals surface area contributed by atoms with E-state index in [1.807, 2.05) is 6.07 Å². The van der Waals surface area contributed by atoms with Gasteiger partial charge in [-0.3, -0.25) is 0 Å². The summed E-state index contributed by atoms with van der Waals surface area (Å²) in [5, 5.41) is 9.12. The second kappa shape index (κ2) is 5.78. The molecule has 1 aliphatic carbocycles. The SMILES string of the molecule is CCCc1nc(Br)cc(N(CCO)C2CC2)n1. The third-order valence-corrected chi connectivity index (χ3v) is 3.23. The molecule has 0 bridgehead atoms. The minimum Gasteiger partial charge on any atom is -0.395 e. The highest BCUT2D eigenvalue weighted by molar-refractivity contribution is 9.10. The third kappa shape index (κ3) is 3.39. The smallest absolute Gasteiger partial charge is 0.133 e. The third-order valence-electron chi connectivity index (χ3n) is 2.82. The first-order valence-corrected chi connectivity index (χ1v) is 6.95. The van der Waals surface area contributed by atoms with Crippen molar-refractivity contribution in [2.75, 3.05) is 18.1 Å². The summed E-state index contributed by atoms with van der Waals surface area (Å²) in [5.41, 5.74) is 0. The van der Waals surface area contributed by atoms with Crippen molar-refractivity contribution in [1.29, 1.82) is 0 Å². The van der Waals surface area contributed by atoms with Gasteiger partial charge in [0.25, 0.3) is 0 Å². The number of hydrogen-bond acceptors (Lipinski definition) is 4. The fourth-order valence-electron chi connectivity index (χ4n) is 1.91. The van der Waals surface area contributed by atoms with Gasteiger partial charge in [0.05, 0.1) is 6.61 Å². The van der Waals surface area contributed by atoms with Gasteiger partial charge < -0.3 is 10.0 Å². The number of anilines is 1. The minimum atomic E-state index is 0.168. The van der Waals surface area contributed by atoms with E-state index in [9.17, 15) is 0 Å². The van der Waals surface area contributed by atoms with Crippen LogP contribution < -0.4 is 4.90 Å². The normalized spacial score (nSPS) is 15.0. The van der Waals surface area contributed by atoms with Gasteiger partial charge in [0.2, 0.25) is 0 Å². The number of hydrogen-bond donors (Lipinski definition) is 1. The van der Waals surface area contributed by atoms with Crippen LogP contribution in [0.2, 0.25) is 0 Å². The van der Waals surface area contributed by atoms with Crippen molar-refractivity contribution in [2.45, 2.75) is 38.6 Å². The van der Waals surface area contributed by atoms with Crippen molar-refractivity contribution < 1.29 is 5.11 Å². The van der Waals surface area contributed by atoms with E-state index < -0.39 is 0 Å². The highest BCUT2D eigenvalue weighted by Crippen LogP contribution is 2.31. The van der Waals surface area contributed by atoms with Crippen LogP contribution in [-0.2, 0) is 6.42 Å². The number of aliphatic hydroxyl groups is 1. The van der Waals surface area contributed by atoms with E-state index in [-0.39, 0.29) is 6.61 Å². The lowest BCUT2D eigenvalue weighted by Crippen LogP contribution is -2.30. The van der Waals surface area contributed by atoms with Gasteiger partial charge in [0.15, 0.2) is 0 Å². The molecule has 4 nitrogen and oxygen atoms in total. The maximum Gasteiger partial charge on any atom is 0.133 e. The molecule has 0 spiro atoms. The van der Waals surface area contributed by atoms with Crippen molar-refractivity contribution in [3.8, 4) is 0 Å². The Morgan fingerprint density at radius 2 is 2.24 bits per heavy atom. The largest absolute Gasteiger partial charge is 0.395 e. The number of aliphatic hydroxyl groups excluding tert-OH is 1. The van der Waals surface area contributed by atoms with Crippen LogP contribution in [0.25, 0.3) is 0 Å². The summed E-state index contributed by atoms with van der Waals surface area (Å²) in [6, 6.07) is 2.49. The summed E-state index contributed by atoms with van der Waals surface area (Å²) in [4.78, 5) is 11.1. The van der Waals surface area contributed by atoms with Gasteiger partial charge in [-0.05, 0) is 35.2 Å². The van der Waals surface area contributed by atoms with E-state index in [0.29, 0.717) is 12.6 Å². The van der Waals surface area contributed by atoms with E-state index >= 15 is 0 Å². The Morgan fingerprint density at radius 3 is 2.82 bits per heavy atom. The molecule has 1 N–H and O–H groups in total. The van der Waals surface area contributed by atoms with Crippen LogP contribution >= 0.6 is 15.9 Å². The van der Waals surface area contributed by atoms with E-state index in [1.54, 1.807) is 0 Å². The molecule has 0 radical (unpaired) electrons.